The minimum absolute atomic E-state index is 0.0200. The highest BCUT2D eigenvalue weighted by atomic mass is 32.1. The van der Waals surface area contributed by atoms with E-state index in [9.17, 15) is 4.79 Å². The minimum atomic E-state index is -0.522. The van der Waals surface area contributed by atoms with E-state index in [2.05, 4.69) is 102 Å². The lowest BCUT2D eigenvalue weighted by atomic mass is 10.0. The maximum absolute atomic E-state index is 15.2. The first-order valence-corrected chi connectivity index (χ1v) is 26.6. The van der Waals surface area contributed by atoms with Crippen LogP contribution in [0.4, 0.5) is 4.39 Å². The lowest BCUT2D eigenvalue weighted by molar-refractivity contribution is -0.123. The van der Waals surface area contributed by atoms with Crippen molar-refractivity contribution < 1.29 is 42.1 Å². The summed E-state index contributed by atoms with van der Waals surface area (Å²) in [5.74, 6) is 0.831. The van der Waals surface area contributed by atoms with Gasteiger partial charge >= 0.3 is 0 Å². The smallest absolute Gasteiger partial charge is 0.258 e. The van der Waals surface area contributed by atoms with Crippen molar-refractivity contribution in [1.29, 1.82) is 0 Å². The number of benzene rings is 4. The zero-order valence-corrected chi connectivity index (χ0v) is 43.5. The van der Waals surface area contributed by atoms with Gasteiger partial charge in [0.1, 0.15) is 11.6 Å². The Balaban J connectivity index is 0.599. The summed E-state index contributed by atoms with van der Waals surface area (Å²) in [6, 6.07) is 24.5. The fraction of sp³-hybridized carbons (Fsp3) is 0.429. The van der Waals surface area contributed by atoms with Gasteiger partial charge in [0.25, 0.3) is 5.91 Å². The number of ether oxygens (including phenoxy) is 6. The first-order valence-electron chi connectivity index (χ1n) is 25.7. The van der Waals surface area contributed by atoms with E-state index < -0.39 is 5.82 Å². The molecule has 18 heteroatoms. The van der Waals surface area contributed by atoms with Crippen LogP contribution in [0.3, 0.4) is 0 Å². The van der Waals surface area contributed by atoms with Gasteiger partial charge in [0.05, 0.1) is 94.0 Å². The fourth-order valence-corrected chi connectivity index (χ4v) is 10.1. The molecule has 392 valence electrons. The molecule has 1 aliphatic rings. The number of halogens is 1. The molecule has 8 aromatic rings. The van der Waals surface area contributed by atoms with Gasteiger partial charge in [0, 0.05) is 97.1 Å². The molecule has 0 aliphatic carbocycles. The monoisotopic (exact) mass is 1030 g/mol. The third-order valence-electron chi connectivity index (χ3n) is 13.3. The highest BCUT2D eigenvalue weighted by Crippen LogP contribution is 2.34. The van der Waals surface area contributed by atoms with Gasteiger partial charge < -0.3 is 52.7 Å². The molecular weight excluding hydrogens is 964 g/mol. The van der Waals surface area contributed by atoms with Crippen LogP contribution in [-0.4, -0.2) is 140 Å². The topological polar surface area (TPSA) is 161 Å². The summed E-state index contributed by atoms with van der Waals surface area (Å²) in [5.41, 5.74) is 13.3. The van der Waals surface area contributed by atoms with E-state index >= 15 is 4.39 Å². The molecule has 0 bridgehead atoms. The van der Waals surface area contributed by atoms with Gasteiger partial charge in [0.2, 0.25) is 0 Å². The standard InChI is InChI=1S/C56H67FN8O8S/c1-4-64-50-11-5-42(31-46(50)45-10-8-43(34-52(45)64)49-37-74-38-60-49)35-58-15-21-67-25-27-70-29-30-71-28-26-68-22-16-59-55(66)36-72-53-13-6-41(32-47(53)57)7-14-54-61-48-33-44(56-39(2)62-73-40(56)3)9-12-51(48)65(54)18-17-63-19-23-69-24-20-63/h5-6,8-13,31-34,37-38,58H,4,7,14-30,35-36H2,1-3H3,(H,59,66). The molecule has 1 aliphatic heterocycles. The Morgan fingerprint density at radius 1 is 0.757 bits per heavy atom. The normalized spacial score (nSPS) is 13.2. The molecule has 0 unspecified atom stereocenters. The molecule has 9 rings (SSSR count). The summed E-state index contributed by atoms with van der Waals surface area (Å²) in [4.78, 5) is 24.4. The van der Waals surface area contributed by atoms with Crippen molar-refractivity contribution in [2.75, 3.05) is 105 Å². The predicted octanol–water partition coefficient (Wildman–Crippen LogP) is 8.17. The molecule has 2 N–H and O–H groups in total. The molecule has 1 fully saturated rings. The first-order chi connectivity index (χ1) is 36.3. The van der Waals surface area contributed by atoms with Crippen LogP contribution in [0.2, 0.25) is 0 Å². The van der Waals surface area contributed by atoms with Crippen LogP contribution in [0, 0.1) is 19.7 Å². The Labute approximate surface area is 435 Å². The Hall–Kier alpha value is -6.09. The number of rotatable bonds is 29. The van der Waals surface area contributed by atoms with Crippen molar-refractivity contribution in [1.82, 2.24) is 39.8 Å². The number of carbonyl (C=O) groups is 1. The molecule has 5 heterocycles. The van der Waals surface area contributed by atoms with Crippen LogP contribution in [0.15, 0.2) is 88.2 Å². The highest BCUT2D eigenvalue weighted by Gasteiger charge is 2.19. The number of nitrogens with one attached hydrogen (secondary N) is 2. The van der Waals surface area contributed by atoms with Crippen LogP contribution in [0.1, 0.15) is 35.3 Å². The second-order valence-corrected chi connectivity index (χ2v) is 19.0. The van der Waals surface area contributed by atoms with Gasteiger partial charge in [-0.25, -0.2) is 14.4 Å². The van der Waals surface area contributed by atoms with Crippen LogP contribution >= 0.6 is 11.3 Å². The third-order valence-corrected chi connectivity index (χ3v) is 13.9. The van der Waals surface area contributed by atoms with Gasteiger partial charge in [0.15, 0.2) is 18.2 Å². The maximum atomic E-state index is 15.2. The number of imidazole rings is 1. The van der Waals surface area contributed by atoms with Gasteiger partial charge in [-0.3, -0.25) is 9.69 Å². The number of amides is 1. The van der Waals surface area contributed by atoms with Gasteiger partial charge in [-0.05, 0) is 86.3 Å². The van der Waals surface area contributed by atoms with Crippen molar-refractivity contribution in [3.05, 3.63) is 118 Å². The first kappa shape index (κ1) is 52.8. The summed E-state index contributed by atoms with van der Waals surface area (Å²) < 4.78 is 59.0. The van der Waals surface area contributed by atoms with Crippen molar-refractivity contribution in [3.63, 3.8) is 0 Å². The molecule has 0 radical (unpaired) electrons. The summed E-state index contributed by atoms with van der Waals surface area (Å²) >= 11 is 1.61. The van der Waals surface area contributed by atoms with Gasteiger partial charge in [-0.2, -0.15) is 0 Å². The highest BCUT2D eigenvalue weighted by molar-refractivity contribution is 7.07. The van der Waals surface area contributed by atoms with Crippen LogP contribution < -0.4 is 15.4 Å². The quantitative estimate of drug-likeness (QED) is 0.0433. The number of hydrogen-bond donors (Lipinski definition) is 2. The summed E-state index contributed by atoms with van der Waals surface area (Å²) in [6.45, 7) is 16.9. The third kappa shape index (κ3) is 13.6. The van der Waals surface area contributed by atoms with E-state index in [4.69, 9.17) is 37.9 Å². The molecule has 0 saturated carbocycles. The van der Waals surface area contributed by atoms with E-state index in [1.54, 1.807) is 17.4 Å². The van der Waals surface area contributed by atoms with E-state index in [0.717, 1.165) is 115 Å². The second kappa shape index (κ2) is 26.4. The van der Waals surface area contributed by atoms with Crippen molar-refractivity contribution in [3.8, 4) is 28.1 Å². The number of aromatic nitrogens is 5. The van der Waals surface area contributed by atoms with Crippen LogP contribution in [-0.2, 0) is 61.0 Å². The predicted molar refractivity (Wildman–Crippen MR) is 285 cm³/mol. The zero-order chi connectivity index (χ0) is 51.1. The average Bonchev–Trinajstić information content (AvgIpc) is 4.23. The Bertz CT molecular complexity index is 3060. The van der Waals surface area contributed by atoms with Crippen molar-refractivity contribution in [2.24, 2.45) is 0 Å². The van der Waals surface area contributed by atoms with Crippen molar-refractivity contribution >= 4 is 50.1 Å². The van der Waals surface area contributed by atoms with E-state index in [1.807, 2.05) is 25.4 Å². The molecule has 74 heavy (non-hydrogen) atoms. The van der Waals surface area contributed by atoms with Gasteiger partial charge in [-0.1, -0.05) is 35.5 Å². The van der Waals surface area contributed by atoms with E-state index in [0.29, 0.717) is 65.7 Å². The number of hydrogen-bond acceptors (Lipinski definition) is 14. The number of fused-ring (bicyclic) bond motifs is 4. The minimum Gasteiger partial charge on any atom is -0.481 e. The number of morpholine rings is 1. The molecule has 1 saturated heterocycles. The average molecular weight is 1030 g/mol. The SMILES string of the molecule is CCn1c2ccc(CNCCOCCOCCOCCOCCNC(=O)COc3ccc(CCc4nc5cc(-c6c(C)noc6C)ccc5n4CCN4CCOCC4)cc3F)cc2c2ccc(-c3cscn3)cc21. The van der Waals surface area contributed by atoms with E-state index in [1.165, 1.54) is 33.4 Å². The van der Waals surface area contributed by atoms with E-state index in [-0.39, 0.29) is 24.8 Å². The molecule has 0 atom stereocenters. The molecular formula is C56H67FN8O8S. The fourth-order valence-electron chi connectivity index (χ4n) is 9.52. The van der Waals surface area contributed by atoms with Gasteiger partial charge in [-0.15, -0.1) is 11.3 Å². The molecule has 16 nitrogen and oxygen atoms in total. The summed E-state index contributed by atoms with van der Waals surface area (Å²) in [6.07, 6.45) is 1.19. The van der Waals surface area contributed by atoms with Crippen LogP contribution in [0.25, 0.3) is 55.2 Å². The molecule has 4 aromatic heterocycles. The number of thiazole rings is 1. The molecule has 0 spiro atoms. The Morgan fingerprint density at radius 3 is 2.23 bits per heavy atom. The second-order valence-electron chi connectivity index (χ2n) is 18.3. The number of nitrogens with zero attached hydrogens (tertiary/aromatic N) is 6. The lowest BCUT2D eigenvalue weighted by Gasteiger charge is -2.27. The summed E-state index contributed by atoms with van der Waals surface area (Å²) in [7, 11) is 0. The number of aryl methyl sites for hydroxylation is 5. The largest absolute Gasteiger partial charge is 0.481 e. The summed E-state index contributed by atoms with van der Waals surface area (Å²) in [5, 5.41) is 15.0. The molecule has 1 amide bonds. The lowest BCUT2D eigenvalue weighted by Crippen LogP contribution is -2.38. The Morgan fingerprint density at radius 2 is 1.50 bits per heavy atom. The van der Waals surface area contributed by atoms with Crippen LogP contribution in [0.5, 0.6) is 5.75 Å². The number of carbonyl (C=O) groups excluding carboxylic acids is 1. The van der Waals surface area contributed by atoms with Crippen molar-refractivity contribution in [2.45, 2.75) is 53.2 Å². The Kier molecular flexibility index (Phi) is 18.8. The zero-order valence-electron chi connectivity index (χ0n) is 42.7. The molecule has 4 aromatic carbocycles. The maximum Gasteiger partial charge on any atom is 0.258 e.